The molecule has 0 aliphatic heterocycles. The highest BCUT2D eigenvalue weighted by atomic mass is 35.5. The van der Waals surface area contributed by atoms with E-state index in [9.17, 15) is 4.79 Å². The van der Waals surface area contributed by atoms with E-state index in [1.165, 1.54) is 24.0 Å². The minimum atomic E-state index is -0.310. The van der Waals surface area contributed by atoms with Gasteiger partial charge in [0.2, 0.25) is 10.6 Å². The molecule has 0 aliphatic carbocycles. The quantitative estimate of drug-likeness (QED) is 0.871. The molecule has 2 aromatic heterocycles. The molecule has 2 rings (SSSR count). The zero-order valence-electron chi connectivity index (χ0n) is 8.55. The van der Waals surface area contributed by atoms with E-state index < -0.39 is 0 Å². The lowest BCUT2D eigenvalue weighted by atomic mass is 10.4. The molecule has 0 fully saturated rings. The van der Waals surface area contributed by atoms with Crippen molar-refractivity contribution < 1.29 is 4.79 Å². The molecule has 0 unspecified atom stereocenters. The Bertz CT molecular complexity index is 549. The molecule has 1 amide bonds. The maximum atomic E-state index is 11.3. The molecule has 7 nitrogen and oxygen atoms in total. The first-order valence-corrected chi connectivity index (χ1v) is 5.21. The summed E-state index contributed by atoms with van der Waals surface area (Å²) in [5, 5.41) is 6.33. The number of hydrogen-bond donors (Lipinski definition) is 1. The molecule has 0 aromatic carbocycles. The van der Waals surface area contributed by atoms with Gasteiger partial charge in [0.1, 0.15) is 0 Å². The van der Waals surface area contributed by atoms with Gasteiger partial charge in [0.15, 0.2) is 5.69 Å². The molecule has 2 aromatic rings. The Morgan fingerprint density at radius 3 is 2.53 bits per heavy atom. The summed E-state index contributed by atoms with van der Waals surface area (Å²) in [5.74, 6) is -0.167. The molecule has 2 heterocycles. The predicted molar refractivity (Wildman–Crippen MR) is 60.4 cm³/mol. The van der Waals surface area contributed by atoms with Gasteiger partial charge < -0.3 is 5.32 Å². The Balaban J connectivity index is 2.40. The lowest BCUT2D eigenvalue weighted by Crippen LogP contribution is -2.18. The molecular formula is C8H6Cl2N6O. The van der Waals surface area contributed by atoms with Gasteiger partial charge in [-0.2, -0.15) is 20.1 Å². The summed E-state index contributed by atoms with van der Waals surface area (Å²) in [5.41, 5.74) is 0.236. The van der Waals surface area contributed by atoms with Crippen molar-refractivity contribution in [2.45, 2.75) is 0 Å². The summed E-state index contributed by atoms with van der Waals surface area (Å²) < 4.78 is 1.28. The molecule has 88 valence electrons. The topological polar surface area (TPSA) is 85.6 Å². The second-order valence-electron chi connectivity index (χ2n) is 2.90. The number of carbonyl (C=O) groups excluding carboxylic acids is 1. The third-order valence-electron chi connectivity index (χ3n) is 1.82. The summed E-state index contributed by atoms with van der Waals surface area (Å²) in [6, 6.07) is 1.52. The van der Waals surface area contributed by atoms with E-state index in [1.54, 1.807) is 0 Å². The van der Waals surface area contributed by atoms with Crippen LogP contribution in [-0.2, 0) is 0 Å². The lowest BCUT2D eigenvalue weighted by Gasteiger charge is -1.99. The third-order valence-corrected chi connectivity index (χ3v) is 2.16. The van der Waals surface area contributed by atoms with E-state index in [-0.39, 0.29) is 28.1 Å². The number of nitrogens with zero attached hydrogens (tertiary/aromatic N) is 5. The van der Waals surface area contributed by atoms with Crippen LogP contribution in [-0.4, -0.2) is 37.7 Å². The fourth-order valence-electron chi connectivity index (χ4n) is 1.10. The highest BCUT2D eigenvalue weighted by Crippen LogP contribution is 2.09. The highest BCUT2D eigenvalue weighted by Gasteiger charge is 2.11. The number of halogens is 2. The van der Waals surface area contributed by atoms with Crippen LogP contribution in [0.2, 0.25) is 10.6 Å². The van der Waals surface area contributed by atoms with E-state index in [2.05, 4.69) is 25.4 Å². The monoisotopic (exact) mass is 272 g/mol. The fourth-order valence-corrected chi connectivity index (χ4v) is 1.46. The van der Waals surface area contributed by atoms with Crippen LogP contribution in [0, 0.1) is 0 Å². The molecule has 0 radical (unpaired) electrons. The van der Waals surface area contributed by atoms with E-state index in [4.69, 9.17) is 23.2 Å². The first kappa shape index (κ1) is 11.7. The molecule has 0 spiro atoms. The highest BCUT2D eigenvalue weighted by molar-refractivity contribution is 6.31. The van der Waals surface area contributed by atoms with Crippen molar-refractivity contribution in [1.82, 2.24) is 30.0 Å². The average molecular weight is 273 g/mol. The van der Waals surface area contributed by atoms with Crippen molar-refractivity contribution in [3.05, 3.63) is 28.5 Å². The standard InChI is InChI=1S/C8H6Cl2N6O/c1-11-5(17)4-2-3-16(15-4)8-13-6(9)12-7(10)14-8/h2-3H,1H3,(H,11,17). The molecule has 0 saturated carbocycles. The molecular weight excluding hydrogens is 267 g/mol. The van der Waals surface area contributed by atoms with Gasteiger partial charge in [-0.05, 0) is 29.3 Å². The van der Waals surface area contributed by atoms with E-state index in [0.29, 0.717) is 0 Å². The molecule has 0 atom stereocenters. The van der Waals surface area contributed by atoms with Crippen LogP contribution in [0.3, 0.4) is 0 Å². The van der Waals surface area contributed by atoms with E-state index in [1.807, 2.05) is 0 Å². The van der Waals surface area contributed by atoms with Gasteiger partial charge in [-0.3, -0.25) is 4.79 Å². The van der Waals surface area contributed by atoms with Crippen LogP contribution >= 0.6 is 23.2 Å². The molecule has 0 aliphatic rings. The Morgan fingerprint density at radius 1 is 1.29 bits per heavy atom. The first-order valence-electron chi connectivity index (χ1n) is 4.45. The van der Waals surface area contributed by atoms with Crippen LogP contribution in [0.25, 0.3) is 5.95 Å². The van der Waals surface area contributed by atoms with Gasteiger partial charge in [-0.1, -0.05) is 0 Å². The maximum absolute atomic E-state index is 11.3. The molecule has 17 heavy (non-hydrogen) atoms. The number of amides is 1. The van der Waals surface area contributed by atoms with E-state index >= 15 is 0 Å². The van der Waals surface area contributed by atoms with Crippen molar-refractivity contribution in [3.8, 4) is 5.95 Å². The number of hydrogen-bond acceptors (Lipinski definition) is 5. The summed E-state index contributed by atoms with van der Waals surface area (Å²) in [4.78, 5) is 22.6. The first-order chi connectivity index (χ1) is 8.10. The Hall–Kier alpha value is -1.73. The van der Waals surface area contributed by atoms with Crippen molar-refractivity contribution in [2.75, 3.05) is 7.05 Å². The largest absolute Gasteiger partial charge is 0.354 e. The summed E-state index contributed by atoms with van der Waals surface area (Å²) in [6.45, 7) is 0. The predicted octanol–water partition coefficient (Wildman–Crippen LogP) is 0.724. The van der Waals surface area contributed by atoms with Gasteiger partial charge >= 0.3 is 0 Å². The van der Waals surface area contributed by atoms with Gasteiger partial charge in [0, 0.05) is 13.2 Å². The zero-order chi connectivity index (χ0) is 12.4. The summed E-state index contributed by atoms with van der Waals surface area (Å²) in [6.07, 6.45) is 1.52. The molecule has 1 N–H and O–H groups in total. The van der Waals surface area contributed by atoms with Crippen LogP contribution in [0.1, 0.15) is 10.5 Å². The molecule has 0 saturated heterocycles. The lowest BCUT2D eigenvalue weighted by molar-refractivity contribution is 0.0957. The Morgan fingerprint density at radius 2 is 1.94 bits per heavy atom. The average Bonchev–Trinajstić information content (AvgIpc) is 2.76. The van der Waals surface area contributed by atoms with Crippen molar-refractivity contribution in [1.29, 1.82) is 0 Å². The van der Waals surface area contributed by atoms with Crippen LogP contribution < -0.4 is 5.32 Å². The smallest absolute Gasteiger partial charge is 0.271 e. The van der Waals surface area contributed by atoms with Crippen molar-refractivity contribution in [3.63, 3.8) is 0 Å². The Kier molecular flexibility index (Phi) is 3.21. The third kappa shape index (κ3) is 2.51. The maximum Gasteiger partial charge on any atom is 0.271 e. The summed E-state index contributed by atoms with van der Waals surface area (Å²) >= 11 is 11.3. The van der Waals surface area contributed by atoms with Gasteiger partial charge in [0.25, 0.3) is 11.9 Å². The van der Waals surface area contributed by atoms with Crippen molar-refractivity contribution >= 4 is 29.1 Å². The Labute approximate surface area is 106 Å². The number of rotatable bonds is 2. The molecule has 9 heteroatoms. The van der Waals surface area contributed by atoms with E-state index in [0.717, 1.165) is 0 Å². The van der Waals surface area contributed by atoms with Crippen LogP contribution in [0.5, 0.6) is 0 Å². The van der Waals surface area contributed by atoms with Crippen LogP contribution in [0.4, 0.5) is 0 Å². The van der Waals surface area contributed by atoms with Gasteiger partial charge in [-0.25, -0.2) is 4.68 Å². The number of aromatic nitrogens is 5. The minimum Gasteiger partial charge on any atom is -0.354 e. The fraction of sp³-hybridized carbons (Fsp3) is 0.125. The summed E-state index contributed by atoms with van der Waals surface area (Å²) in [7, 11) is 1.51. The minimum absolute atomic E-state index is 0.0445. The SMILES string of the molecule is CNC(=O)c1ccn(-c2nc(Cl)nc(Cl)n2)n1. The zero-order valence-corrected chi connectivity index (χ0v) is 10.1. The van der Waals surface area contributed by atoms with Crippen LogP contribution in [0.15, 0.2) is 12.3 Å². The molecule has 0 bridgehead atoms. The number of carbonyl (C=O) groups is 1. The normalized spacial score (nSPS) is 10.3. The van der Waals surface area contributed by atoms with Gasteiger partial charge in [0.05, 0.1) is 0 Å². The second kappa shape index (κ2) is 4.64. The van der Waals surface area contributed by atoms with Crippen molar-refractivity contribution in [2.24, 2.45) is 0 Å². The van der Waals surface area contributed by atoms with Gasteiger partial charge in [-0.15, -0.1) is 0 Å². The second-order valence-corrected chi connectivity index (χ2v) is 3.57. The number of nitrogens with one attached hydrogen (secondary N) is 1.